The molecule has 32 heavy (non-hydrogen) atoms. The number of nitrogens with one attached hydrogen (secondary N) is 1. The van der Waals surface area contributed by atoms with Crippen molar-refractivity contribution in [3.05, 3.63) is 63.8 Å². The Bertz CT molecular complexity index is 1150. The average Bonchev–Trinajstić information content (AvgIpc) is 2.79. The summed E-state index contributed by atoms with van der Waals surface area (Å²) in [5.41, 5.74) is 4.85. The molecule has 4 heterocycles. The number of hydrogen-bond donors (Lipinski definition) is 2. The minimum absolute atomic E-state index is 0.0309. The Morgan fingerprint density at radius 3 is 2.75 bits per heavy atom. The smallest absolute Gasteiger partial charge is 0.251 e. The van der Waals surface area contributed by atoms with Gasteiger partial charge in [-0.05, 0) is 50.1 Å². The van der Waals surface area contributed by atoms with Gasteiger partial charge in [0.1, 0.15) is 5.75 Å². The summed E-state index contributed by atoms with van der Waals surface area (Å²) in [5.74, 6) is 0.623. The third kappa shape index (κ3) is 4.98. The first-order valence-corrected chi connectivity index (χ1v) is 11.0. The van der Waals surface area contributed by atoms with E-state index in [1.54, 1.807) is 30.0 Å². The minimum atomic E-state index is -0.471. The lowest BCUT2D eigenvalue weighted by Crippen LogP contribution is -2.53. The van der Waals surface area contributed by atoms with Gasteiger partial charge in [0.15, 0.2) is 0 Å². The van der Waals surface area contributed by atoms with Crippen LogP contribution in [0.5, 0.6) is 5.75 Å². The Morgan fingerprint density at radius 2 is 2.00 bits per heavy atom. The number of nitrogens with zero attached hydrogens (tertiary/aromatic N) is 4. The first kappa shape index (κ1) is 22.4. The molecule has 1 saturated heterocycles. The predicted molar refractivity (Wildman–Crippen MR) is 124 cm³/mol. The van der Waals surface area contributed by atoms with Crippen molar-refractivity contribution in [2.24, 2.45) is 0 Å². The second-order valence-electron chi connectivity index (χ2n) is 8.51. The van der Waals surface area contributed by atoms with Gasteiger partial charge in [0, 0.05) is 50.6 Å². The number of likely N-dealkylation sites (tertiary alicyclic amines) is 1. The van der Waals surface area contributed by atoms with E-state index in [-0.39, 0.29) is 11.6 Å². The van der Waals surface area contributed by atoms with Crippen molar-refractivity contribution in [2.45, 2.75) is 45.5 Å². The van der Waals surface area contributed by atoms with E-state index in [0.29, 0.717) is 31.9 Å². The number of fused-ring (bicyclic) bond motifs is 1. The van der Waals surface area contributed by atoms with Gasteiger partial charge in [-0.3, -0.25) is 19.7 Å². The van der Waals surface area contributed by atoms with Crippen molar-refractivity contribution in [1.82, 2.24) is 24.8 Å². The fourth-order valence-electron chi connectivity index (χ4n) is 4.19. The number of aliphatic hydroxyl groups is 1. The highest BCUT2D eigenvalue weighted by Gasteiger charge is 2.27. The number of aromatic nitrogens is 3. The number of aryl methyl sites for hydroxylation is 2. The number of aliphatic hydroxyl groups excluding tert-OH is 1. The number of rotatable bonds is 7. The number of pyridine rings is 3. The molecule has 4 rings (SSSR count). The van der Waals surface area contributed by atoms with Crippen LogP contribution in [-0.2, 0) is 13.1 Å². The molecule has 0 unspecified atom stereocenters. The molecule has 0 aliphatic carbocycles. The first-order valence-electron chi connectivity index (χ1n) is 11.0. The van der Waals surface area contributed by atoms with Crippen molar-refractivity contribution in [3.63, 3.8) is 0 Å². The number of β-amino-alcohol motifs (C(OH)–C–C–N with tert-alkyl or cyclic N) is 1. The van der Waals surface area contributed by atoms with E-state index in [9.17, 15) is 9.90 Å². The molecular formula is C24H31N5O3. The summed E-state index contributed by atoms with van der Waals surface area (Å²) in [5, 5.41) is 14.1. The summed E-state index contributed by atoms with van der Waals surface area (Å²) in [6.07, 6.45) is 3.91. The highest BCUT2D eigenvalue weighted by atomic mass is 16.5. The van der Waals surface area contributed by atoms with E-state index in [2.05, 4.69) is 40.1 Å². The summed E-state index contributed by atoms with van der Waals surface area (Å²) in [6, 6.07) is 7.25. The molecule has 0 radical (unpaired) electrons. The zero-order valence-corrected chi connectivity index (χ0v) is 18.9. The largest absolute Gasteiger partial charge is 0.495 e. The first-order chi connectivity index (χ1) is 15.4. The fourth-order valence-corrected chi connectivity index (χ4v) is 4.19. The van der Waals surface area contributed by atoms with Gasteiger partial charge in [0.25, 0.3) is 5.56 Å². The Kier molecular flexibility index (Phi) is 6.83. The highest BCUT2D eigenvalue weighted by molar-refractivity contribution is 5.75. The number of ether oxygens (including phenoxy) is 1. The van der Waals surface area contributed by atoms with Crippen LogP contribution >= 0.6 is 0 Å². The standard InChI is InChI=1S/C24H31N5O3/c1-16-10-18(25-12-17(16)2)13-26-21-6-7-28(15-23(21)30)8-9-29-22-11-19(32-3)14-27-20(22)4-5-24(29)31/h4-5,10-12,14,21,23,26,30H,6-9,13,15H2,1-3H3/t21-,23+/m1/s1. The van der Waals surface area contributed by atoms with Gasteiger partial charge in [-0.25, -0.2) is 0 Å². The van der Waals surface area contributed by atoms with E-state index >= 15 is 0 Å². The molecule has 1 aliphatic rings. The monoisotopic (exact) mass is 437 g/mol. The molecule has 170 valence electrons. The molecule has 0 aromatic carbocycles. The normalized spacial score (nSPS) is 19.4. The molecule has 0 bridgehead atoms. The molecule has 0 spiro atoms. The SMILES string of the molecule is COc1cnc2ccc(=O)n(CCN3CC[C@@H](NCc4cc(C)c(C)cn4)[C@@H](O)C3)c2c1. The zero-order chi connectivity index (χ0) is 22.7. The van der Waals surface area contributed by atoms with E-state index in [4.69, 9.17) is 4.74 Å². The maximum Gasteiger partial charge on any atom is 0.251 e. The van der Waals surface area contributed by atoms with E-state index in [1.807, 2.05) is 12.3 Å². The van der Waals surface area contributed by atoms with Crippen molar-refractivity contribution in [2.75, 3.05) is 26.7 Å². The van der Waals surface area contributed by atoms with Crippen molar-refractivity contribution < 1.29 is 9.84 Å². The van der Waals surface area contributed by atoms with Crippen LogP contribution in [0.4, 0.5) is 0 Å². The number of methoxy groups -OCH3 is 1. The summed E-state index contributed by atoms with van der Waals surface area (Å²) in [6.45, 7) is 7.42. The third-order valence-electron chi connectivity index (χ3n) is 6.33. The highest BCUT2D eigenvalue weighted by Crippen LogP contribution is 2.17. The quantitative estimate of drug-likeness (QED) is 0.581. The van der Waals surface area contributed by atoms with Crippen LogP contribution in [0, 0.1) is 13.8 Å². The maximum absolute atomic E-state index is 12.5. The van der Waals surface area contributed by atoms with Gasteiger partial charge < -0.3 is 19.7 Å². The molecular weight excluding hydrogens is 406 g/mol. The molecule has 3 aromatic rings. The third-order valence-corrected chi connectivity index (χ3v) is 6.33. The molecule has 1 fully saturated rings. The summed E-state index contributed by atoms with van der Waals surface area (Å²) in [7, 11) is 1.59. The lowest BCUT2D eigenvalue weighted by atomic mass is 10.0. The van der Waals surface area contributed by atoms with E-state index in [1.165, 1.54) is 11.1 Å². The zero-order valence-electron chi connectivity index (χ0n) is 18.9. The molecule has 8 heteroatoms. The van der Waals surface area contributed by atoms with Crippen LogP contribution in [0.1, 0.15) is 23.2 Å². The van der Waals surface area contributed by atoms with Gasteiger partial charge >= 0.3 is 0 Å². The lowest BCUT2D eigenvalue weighted by Gasteiger charge is -2.36. The van der Waals surface area contributed by atoms with Gasteiger partial charge in [0.2, 0.25) is 0 Å². The van der Waals surface area contributed by atoms with Crippen molar-refractivity contribution >= 4 is 11.0 Å². The Labute approximate surface area is 187 Å². The second-order valence-corrected chi connectivity index (χ2v) is 8.51. The van der Waals surface area contributed by atoms with Crippen LogP contribution in [0.2, 0.25) is 0 Å². The topological polar surface area (TPSA) is 92.5 Å². The molecule has 2 atom stereocenters. The van der Waals surface area contributed by atoms with Crippen LogP contribution in [0.3, 0.4) is 0 Å². The second kappa shape index (κ2) is 9.77. The van der Waals surface area contributed by atoms with Gasteiger partial charge in [-0.15, -0.1) is 0 Å². The summed E-state index contributed by atoms with van der Waals surface area (Å²) >= 11 is 0. The van der Waals surface area contributed by atoms with Crippen LogP contribution in [0.15, 0.2) is 41.5 Å². The molecule has 2 N–H and O–H groups in total. The summed E-state index contributed by atoms with van der Waals surface area (Å²) in [4.78, 5) is 23.5. The van der Waals surface area contributed by atoms with E-state index < -0.39 is 6.10 Å². The van der Waals surface area contributed by atoms with Gasteiger partial charge in [-0.1, -0.05) is 0 Å². The van der Waals surface area contributed by atoms with Crippen molar-refractivity contribution in [3.8, 4) is 5.75 Å². The molecule has 8 nitrogen and oxygen atoms in total. The number of piperidine rings is 1. The van der Waals surface area contributed by atoms with Crippen LogP contribution in [0.25, 0.3) is 11.0 Å². The maximum atomic E-state index is 12.5. The van der Waals surface area contributed by atoms with Gasteiger partial charge in [0.05, 0.1) is 36.1 Å². The molecule has 1 aliphatic heterocycles. The Hall–Kier alpha value is -2.81. The Balaban J connectivity index is 1.35. The van der Waals surface area contributed by atoms with E-state index in [0.717, 1.165) is 29.7 Å². The number of hydrogen-bond acceptors (Lipinski definition) is 7. The van der Waals surface area contributed by atoms with Crippen LogP contribution < -0.4 is 15.6 Å². The van der Waals surface area contributed by atoms with Crippen molar-refractivity contribution in [1.29, 1.82) is 0 Å². The Morgan fingerprint density at radius 1 is 1.16 bits per heavy atom. The molecule has 3 aromatic heterocycles. The average molecular weight is 438 g/mol. The lowest BCUT2D eigenvalue weighted by molar-refractivity contribution is 0.0384. The predicted octanol–water partition coefficient (Wildman–Crippen LogP) is 1.64. The summed E-state index contributed by atoms with van der Waals surface area (Å²) < 4.78 is 7.00. The van der Waals surface area contributed by atoms with Gasteiger partial charge in [-0.2, -0.15) is 0 Å². The van der Waals surface area contributed by atoms with Crippen LogP contribution in [-0.4, -0.2) is 63.4 Å². The fraction of sp³-hybridized carbons (Fsp3) is 0.458. The minimum Gasteiger partial charge on any atom is -0.495 e. The molecule has 0 saturated carbocycles. The molecule has 0 amide bonds.